The molecular formula is C24H32N6. The van der Waals surface area contributed by atoms with Crippen molar-refractivity contribution in [1.29, 1.82) is 0 Å². The zero-order chi connectivity index (χ0) is 21.7. The Bertz CT molecular complexity index is 1010. The lowest BCUT2D eigenvalue weighted by Gasteiger charge is -2.15. The minimum Gasteiger partial charge on any atom is -0.258 e. The van der Waals surface area contributed by atoms with E-state index < -0.39 is 0 Å². The number of hydrogen-bond acceptors (Lipinski definition) is 6. The number of rotatable bonds is 8. The Morgan fingerprint density at radius 2 is 1.47 bits per heavy atom. The van der Waals surface area contributed by atoms with E-state index in [0.29, 0.717) is 0 Å². The van der Waals surface area contributed by atoms with Gasteiger partial charge in [-0.2, -0.15) is 0 Å². The van der Waals surface area contributed by atoms with Gasteiger partial charge in [-0.3, -0.25) is 24.9 Å². The van der Waals surface area contributed by atoms with E-state index in [2.05, 4.69) is 25.8 Å². The lowest BCUT2D eigenvalue weighted by Crippen LogP contribution is -2.10. The molecule has 0 fully saturated rings. The lowest BCUT2D eigenvalue weighted by atomic mass is 9.99. The van der Waals surface area contributed by atoms with Gasteiger partial charge in [0.2, 0.25) is 0 Å². The van der Waals surface area contributed by atoms with Crippen LogP contribution in [0.1, 0.15) is 79.4 Å². The maximum absolute atomic E-state index is 4.82. The summed E-state index contributed by atoms with van der Waals surface area (Å²) in [5.74, 6) is 0.176. The lowest BCUT2D eigenvalue weighted by molar-refractivity contribution is 0.695. The van der Waals surface area contributed by atoms with Crippen LogP contribution in [-0.2, 0) is 19.3 Å². The smallest absolute Gasteiger partial charge is 0.112 e. The standard InChI is InChI=1S/C24H32N6/c1-7-9-19-13-27-23(18(6)29-19)24-21(25-12-16(4)28-24)11-15(3)22-14-26-20(10-8-2)17(5)30-22/h12-15H,7-11H2,1-6H3. The monoisotopic (exact) mass is 404 g/mol. The topological polar surface area (TPSA) is 77.3 Å². The minimum atomic E-state index is 0.176. The van der Waals surface area contributed by atoms with E-state index in [4.69, 9.17) is 24.9 Å². The highest BCUT2D eigenvalue weighted by Crippen LogP contribution is 2.26. The zero-order valence-electron chi connectivity index (χ0n) is 19.0. The molecule has 0 aliphatic heterocycles. The fourth-order valence-corrected chi connectivity index (χ4v) is 3.62. The Labute approximate surface area is 179 Å². The van der Waals surface area contributed by atoms with Gasteiger partial charge in [-0.1, -0.05) is 33.6 Å². The summed E-state index contributed by atoms with van der Waals surface area (Å²) in [6.45, 7) is 12.5. The summed E-state index contributed by atoms with van der Waals surface area (Å²) in [6, 6.07) is 0. The molecule has 0 aromatic carbocycles. The molecule has 0 saturated heterocycles. The normalized spacial score (nSPS) is 12.2. The van der Waals surface area contributed by atoms with Gasteiger partial charge in [-0.25, -0.2) is 4.98 Å². The summed E-state index contributed by atoms with van der Waals surface area (Å²) < 4.78 is 0. The number of aromatic nitrogens is 6. The second-order valence-corrected chi connectivity index (χ2v) is 8.03. The second-order valence-electron chi connectivity index (χ2n) is 8.03. The molecule has 30 heavy (non-hydrogen) atoms. The Morgan fingerprint density at radius 1 is 0.733 bits per heavy atom. The molecule has 0 aliphatic carbocycles. The van der Waals surface area contributed by atoms with Crippen LogP contribution in [0.4, 0.5) is 0 Å². The predicted octanol–water partition coefficient (Wildman–Crippen LogP) is 4.90. The molecule has 0 radical (unpaired) electrons. The van der Waals surface area contributed by atoms with Crippen molar-refractivity contribution in [1.82, 2.24) is 29.9 Å². The first kappa shape index (κ1) is 21.9. The van der Waals surface area contributed by atoms with Crippen LogP contribution < -0.4 is 0 Å². The first-order valence-corrected chi connectivity index (χ1v) is 10.9. The molecule has 0 N–H and O–H groups in total. The summed E-state index contributed by atoms with van der Waals surface area (Å²) in [5.41, 5.74) is 8.44. The van der Waals surface area contributed by atoms with Gasteiger partial charge in [-0.05, 0) is 33.6 Å². The van der Waals surface area contributed by atoms with E-state index in [1.54, 1.807) is 0 Å². The van der Waals surface area contributed by atoms with Crippen LogP contribution in [0, 0.1) is 20.8 Å². The van der Waals surface area contributed by atoms with Crippen molar-refractivity contribution < 1.29 is 0 Å². The summed E-state index contributed by atoms with van der Waals surface area (Å²) >= 11 is 0. The van der Waals surface area contributed by atoms with Crippen LogP contribution >= 0.6 is 0 Å². The molecular weight excluding hydrogens is 372 g/mol. The summed E-state index contributed by atoms with van der Waals surface area (Å²) in [6.07, 6.45) is 10.3. The van der Waals surface area contributed by atoms with Gasteiger partial charge in [0, 0.05) is 30.9 Å². The maximum atomic E-state index is 4.82. The predicted molar refractivity (Wildman–Crippen MR) is 119 cm³/mol. The molecule has 1 unspecified atom stereocenters. The largest absolute Gasteiger partial charge is 0.258 e. The van der Waals surface area contributed by atoms with Crippen molar-refractivity contribution in [2.75, 3.05) is 0 Å². The van der Waals surface area contributed by atoms with Gasteiger partial charge in [0.1, 0.15) is 11.4 Å². The van der Waals surface area contributed by atoms with Crippen LogP contribution in [0.15, 0.2) is 18.6 Å². The van der Waals surface area contributed by atoms with Crippen LogP contribution in [0.5, 0.6) is 0 Å². The molecule has 0 amide bonds. The highest BCUT2D eigenvalue weighted by Gasteiger charge is 2.19. The molecule has 0 saturated carbocycles. The van der Waals surface area contributed by atoms with Crippen molar-refractivity contribution >= 4 is 0 Å². The van der Waals surface area contributed by atoms with E-state index >= 15 is 0 Å². The highest BCUT2D eigenvalue weighted by atomic mass is 14.9. The third-order valence-corrected chi connectivity index (χ3v) is 5.25. The van der Waals surface area contributed by atoms with E-state index in [9.17, 15) is 0 Å². The van der Waals surface area contributed by atoms with Gasteiger partial charge < -0.3 is 0 Å². The van der Waals surface area contributed by atoms with Gasteiger partial charge in [0.25, 0.3) is 0 Å². The first-order chi connectivity index (χ1) is 14.4. The summed E-state index contributed by atoms with van der Waals surface area (Å²) in [4.78, 5) is 28.4. The second kappa shape index (κ2) is 9.83. The quantitative estimate of drug-likeness (QED) is 0.531. The van der Waals surface area contributed by atoms with Crippen molar-refractivity contribution in [2.45, 2.75) is 79.6 Å². The molecule has 0 aliphatic rings. The van der Waals surface area contributed by atoms with Gasteiger partial charge >= 0.3 is 0 Å². The average Bonchev–Trinajstić information content (AvgIpc) is 2.71. The van der Waals surface area contributed by atoms with E-state index in [-0.39, 0.29) is 5.92 Å². The molecule has 0 spiro atoms. The Hall–Kier alpha value is -2.76. The minimum absolute atomic E-state index is 0.176. The van der Waals surface area contributed by atoms with Gasteiger partial charge in [0.05, 0.1) is 39.9 Å². The first-order valence-electron chi connectivity index (χ1n) is 10.9. The van der Waals surface area contributed by atoms with E-state index in [1.807, 2.05) is 39.4 Å². The third kappa shape index (κ3) is 5.04. The molecule has 158 valence electrons. The zero-order valence-corrected chi connectivity index (χ0v) is 19.0. The van der Waals surface area contributed by atoms with E-state index in [1.165, 1.54) is 0 Å². The summed E-state index contributed by atoms with van der Waals surface area (Å²) in [7, 11) is 0. The molecule has 0 bridgehead atoms. The molecule has 3 aromatic rings. The Kier molecular flexibility index (Phi) is 7.19. The molecule has 3 heterocycles. The maximum Gasteiger partial charge on any atom is 0.112 e. The van der Waals surface area contributed by atoms with Crippen molar-refractivity contribution in [3.8, 4) is 11.4 Å². The van der Waals surface area contributed by atoms with Crippen molar-refractivity contribution in [3.05, 3.63) is 58.4 Å². The third-order valence-electron chi connectivity index (χ3n) is 5.25. The molecule has 1 atom stereocenters. The van der Waals surface area contributed by atoms with Crippen molar-refractivity contribution in [3.63, 3.8) is 0 Å². The SMILES string of the molecule is CCCc1cnc(-c2nc(C)cnc2CC(C)c2cnc(CCC)c(C)n2)c(C)n1. The fraction of sp³-hybridized carbons (Fsp3) is 0.500. The highest BCUT2D eigenvalue weighted by molar-refractivity contribution is 5.59. The summed E-state index contributed by atoms with van der Waals surface area (Å²) in [5, 5.41) is 0. The Balaban J connectivity index is 1.91. The van der Waals surface area contributed by atoms with Gasteiger partial charge in [-0.15, -0.1) is 0 Å². The Morgan fingerprint density at radius 3 is 2.13 bits per heavy atom. The number of aryl methyl sites for hydroxylation is 5. The average molecular weight is 405 g/mol. The molecule has 3 rings (SSSR count). The van der Waals surface area contributed by atoms with Crippen LogP contribution in [-0.4, -0.2) is 29.9 Å². The van der Waals surface area contributed by atoms with E-state index in [0.717, 1.165) is 83.3 Å². The molecule has 3 aromatic heterocycles. The van der Waals surface area contributed by atoms with Gasteiger partial charge in [0.15, 0.2) is 0 Å². The van der Waals surface area contributed by atoms with Crippen LogP contribution in [0.25, 0.3) is 11.4 Å². The fourth-order valence-electron chi connectivity index (χ4n) is 3.62. The van der Waals surface area contributed by atoms with Crippen molar-refractivity contribution in [2.24, 2.45) is 0 Å². The number of nitrogens with zero attached hydrogens (tertiary/aromatic N) is 6. The molecule has 6 heteroatoms. The van der Waals surface area contributed by atoms with Crippen LogP contribution in [0.3, 0.4) is 0 Å². The van der Waals surface area contributed by atoms with Crippen LogP contribution in [0.2, 0.25) is 0 Å². The molecule has 6 nitrogen and oxygen atoms in total. The number of hydrogen-bond donors (Lipinski definition) is 0.